The van der Waals surface area contributed by atoms with Crippen LogP contribution in [0, 0.1) is 5.41 Å². The molecule has 2 aromatic heterocycles. The summed E-state index contributed by atoms with van der Waals surface area (Å²) in [5.41, 5.74) is -2.11. The molecule has 0 aromatic carbocycles. The summed E-state index contributed by atoms with van der Waals surface area (Å²) in [6.07, 6.45) is 2.97. The zero-order chi connectivity index (χ0) is 22.6. The second-order valence-electron chi connectivity index (χ2n) is 8.91. The molecule has 0 unspecified atom stereocenters. The number of H-pyrrole nitrogens is 1. The summed E-state index contributed by atoms with van der Waals surface area (Å²) in [5.74, 6) is -1.25. The van der Waals surface area contributed by atoms with E-state index in [4.69, 9.17) is 9.47 Å². The van der Waals surface area contributed by atoms with E-state index in [0.717, 1.165) is 0 Å². The molecule has 31 heavy (non-hydrogen) atoms. The number of carbonyl (C=O) groups is 1. The van der Waals surface area contributed by atoms with Crippen molar-refractivity contribution in [2.24, 2.45) is 5.41 Å². The predicted octanol–water partition coefficient (Wildman–Crippen LogP) is 1.88. The van der Waals surface area contributed by atoms with Gasteiger partial charge in [-0.2, -0.15) is 0 Å². The van der Waals surface area contributed by atoms with Crippen molar-refractivity contribution < 1.29 is 24.5 Å². The Morgan fingerprint density at radius 3 is 2.68 bits per heavy atom. The highest BCUT2D eigenvalue weighted by molar-refractivity contribution is 5.87. The Kier molecular flexibility index (Phi) is 5.06. The molecular formula is C22H26N2O7. The highest BCUT2D eigenvalue weighted by Crippen LogP contribution is 2.60. The van der Waals surface area contributed by atoms with Crippen molar-refractivity contribution >= 4 is 5.97 Å². The third kappa shape index (κ3) is 3.28. The van der Waals surface area contributed by atoms with Crippen LogP contribution in [0.3, 0.4) is 0 Å². The van der Waals surface area contributed by atoms with Gasteiger partial charge in [-0.05, 0) is 24.3 Å². The number of fused-ring (bicyclic) bond motifs is 6. The van der Waals surface area contributed by atoms with Crippen LogP contribution in [0.4, 0.5) is 0 Å². The zero-order valence-corrected chi connectivity index (χ0v) is 17.7. The maximum atomic E-state index is 12.7. The molecule has 2 aromatic rings. The number of hydrogen-bond acceptors (Lipinski definition) is 6. The molecule has 2 aliphatic rings. The van der Waals surface area contributed by atoms with Crippen LogP contribution in [0.25, 0.3) is 11.4 Å². The number of hydrogen-bond donors (Lipinski definition) is 3. The molecule has 0 saturated heterocycles. The lowest BCUT2D eigenvalue weighted by Crippen LogP contribution is -2.43. The Balaban J connectivity index is 1.93. The summed E-state index contributed by atoms with van der Waals surface area (Å²) in [6.45, 7) is 4.76. The number of aliphatic hydroxyl groups is 1. The second-order valence-corrected chi connectivity index (χ2v) is 8.91. The van der Waals surface area contributed by atoms with Crippen LogP contribution < -0.4 is 15.7 Å². The maximum Gasteiger partial charge on any atom is 0.341 e. The number of aromatic carboxylic acids is 1. The Morgan fingerprint density at radius 2 is 2.00 bits per heavy atom. The number of carboxylic acid groups (broad SMARTS) is 1. The van der Waals surface area contributed by atoms with Gasteiger partial charge in [0.2, 0.25) is 0 Å². The number of nitrogens with zero attached hydrogens (tertiary/aromatic N) is 1. The number of rotatable bonds is 6. The van der Waals surface area contributed by atoms with E-state index in [1.165, 1.54) is 12.3 Å². The molecule has 166 valence electrons. The lowest BCUT2D eigenvalue weighted by Gasteiger charge is -2.44. The van der Waals surface area contributed by atoms with E-state index in [1.807, 2.05) is 13.8 Å². The summed E-state index contributed by atoms with van der Waals surface area (Å²) in [4.78, 5) is 39.4. The van der Waals surface area contributed by atoms with E-state index in [9.17, 15) is 24.6 Å². The second kappa shape index (κ2) is 7.35. The molecule has 1 saturated carbocycles. The quantitative estimate of drug-likeness (QED) is 0.596. The number of carboxylic acids is 1. The lowest BCUT2D eigenvalue weighted by molar-refractivity contribution is -0.0221. The van der Waals surface area contributed by atoms with Gasteiger partial charge in [-0.1, -0.05) is 13.8 Å². The van der Waals surface area contributed by atoms with Gasteiger partial charge in [-0.25, -0.2) is 4.79 Å². The molecule has 1 aliphatic carbocycles. The minimum Gasteiger partial charge on any atom is -0.488 e. The van der Waals surface area contributed by atoms with Gasteiger partial charge < -0.3 is 29.2 Å². The summed E-state index contributed by atoms with van der Waals surface area (Å²) >= 11 is 0. The molecular weight excluding hydrogens is 404 g/mol. The third-order valence-electron chi connectivity index (χ3n) is 6.41. The fourth-order valence-corrected chi connectivity index (χ4v) is 4.99. The first-order valence-corrected chi connectivity index (χ1v) is 10.2. The Hall–Kier alpha value is -2.91. The van der Waals surface area contributed by atoms with Crippen LogP contribution in [0.15, 0.2) is 27.9 Å². The highest BCUT2D eigenvalue weighted by Gasteiger charge is 2.57. The first kappa shape index (κ1) is 21.3. The molecule has 0 spiro atoms. The van der Waals surface area contributed by atoms with Gasteiger partial charge in [-0.15, -0.1) is 0 Å². The fraction of sp³-hybridized carbons (Fsp3) is 0.500. The predicted molar refractivity (Wildman–Crippen MR) is 112 cm³/mol. The van der Waals surface area contributed by atoms with Crippen molar-refractivity contribution in [3.8, 4) is 17.1 Å². The molecule has 1 aliphatic heterocycles. The van der Waals surface area contributed by atoms with Crippen LogP contribution in [0.5, 0.6) is 5.75 Å². The molecule has 0 bridgehead atoms. The van der Waals surface area contributed by atoms with Gasteiger partial charge in [0.15, 0.2) is 11.2 Å². The lowest BCUT2D eigenvalue weighted by atomic mass is 9.76. The van der Waals surface area contributed by atoms with Gasteiger partial charge in [-0.3, -0.25) is 9.59 Å². The van der Waals surface area contributed by atoms with Crippen LogP contribution in [-0.2, 0) is 10.3 Å². The van der Waals surface area contributed by atoms with Gasteiger partial charge in [0, 0.05) is 38.0 Å². The smallest absolute Gasteiger partial charge is 0.341 e. The summed E-state index contributed by atoms with van der Waals surface area (Å²) < 4.78 is 12.3. The summed E-state index contributed by atoms with van der Waals surface area (Å²) in [7, 11) is 1.58. The van der Waals surface area contributed by atoms with E-state index in [0.29, 0.717) is 42.8 Å². The van der Waals surface area contributed by atoms with Crippen molar-refractivity contribution in [2.45, 2.75) is 44.8 Å². The van der Waals surface area contributed by atoms with Gasteiger partial charge in [0.05, 0.1) is 24.0 Å². The third-order valence-corrected chi connectivity index (χ3v) is 6.41. The number of methoxy groups -OCH3 is 1. The Bertz CT molecular complexity index is 1160. The largest absolute Gasteiger partial charge is 0.488 e. The van der Waals surface area contributed by atoms with Crippen molar-refractivity contribution in [2.75, 3.05) is 20.3 Å². The van der Waals surface area contributed by atoms with Crippen molar-refractivity contribution in [1.29, 1.82) is 0 Å². The van der Waals surface area contributed by atoms with Gasteiger partial charge >= 0.3 is 5.97 Å². The topological polar surface area (TPSA) is 131 Å². The van der Waals surface area contributed by atoms with Gasteiger partial charge in [0.25, 0.3) is 5.56 Å². The zero-order valence-electron chi connectivity index (χ0n) is 17.7. The van der Waals surface area contributed by atoms with E-state index < -0.39 is 28.6 Å². The molecule has 0 amide bonds. The van der Waals surface area contributed by atoms with E-state index in [2.05, 4.69) is 4.98 Å². The maximum absolute atomic E-state index is 12.7. The number of aromatic amines is 1. The number of pyridine rings is 2. The number of aromatic nitrogens is 2. The highest BCUT2D eigenvalue weighted by atomic mass is 16.5. The normalized spacial score (nSPS) is 23.0. The van der Waals surface area contributed by atoms with Crippen LogP contribution in [-0.4, -0.2) is 46.1 Å². The minimum atomic E-state index is -1.36. The fourth-order valence-electron chi connectivity index (χ4n) is 4.99. The van der Waals surface area contributed by atoms with Crippen molar-refractivity contribution in [3.05, 3.63) is 50.0 Å². The molecule has 3 N–H and O–H groups in total. The van der Waals surface area contributed by atoms with E-state index in [-0.39, 0.29) is 23.3 Å². The Labute approximate surface area is 178 Å². The first-order chi connectivity index (χ1) is 14.6. The molecule has 3 heterocycles. The van der Waals surface area contributed by atoms with Crippen molar-refractivity contribution in [3.63, 3.8) is 0 Å². The molecule has 4 rings (SSSR count). The summed E-state index contributed by atoms with van der Waals surface area (Å²) in [6, 6.07) is 2.24. The van der Waals surface area contributed by atoms with Crippen molar-refractivity contribution in [1.82, 2.24) is 9.55 Å². The number of ether oxygens (including phenoxy) is 2. The Morgan fingerprint density at radius 1 is 1.26 bits per heavy atom. The molecule has 9 heteroatoms. The molecule has 1 fully saturated rings. The first-order valence-electron chi connectivity index (χ1n) is 10.2. The van der Waals surface area contributed by atoms with Crippen LogP contribution in [0.1, 0.15) is 55.1 Å². The van der Waals surface area contributed by atoms with Crippen LogP contribution >= 0.6 is 0 Å². The van der Waals surface area contributed by atoms with E-state index in [1.54, 1.807) is 17.7 Å². The molecule has 2 atom stereocenters. The SMILES string of the molecule is COCCCOc1cc2c([nH]c1=O)-c1cc(=O)c(C(=O)O)cn1[C@@H]1C(C)(C)CC[C@]21O. The van der Waals surface area contributed by atoms with Crippen LogP contribution in [0.2, 0.25) is 0 Å². The average Bonchev–Trinajstić information content (AvgIpc) is 2.96. The molecule has 0 radical (unpaired) electrons. The average molecular weight is 430 g/mol. The molecule has 9 nitrogen and oxygen atoms in total. The van der Waals surface area contributed by atoms with E-state index >= 15 is 0 Å². The monoisotopic (exact) mass is 430 g/mol. The summed E-state index contributed by atoms with van der Waals surface area (Å²) in [5, 5.41) is 21.3. The minimum absolute atomic E-state index is 0.0877. The van der Waals surface area contributed by atoms with Gasteiger partial charge in [0.1, 0.15) is 11.2 Å². The number of nitrogens with one attached hydrogen (secondary N) is 1. The standard InChI is InChI=1S/C22H26N2O7/c1-21(2)5-6-22(29)13-9-16(31-8-4-7-30-3)18(26)23-17(13)14-10-15(25)12(19(27)28)11-24(14)20(21)22/h9-11,20,29H,4-8H2,1-3H3,(H,23,26)(H,27,28)/t20-,22+/m1/s1.